The van der Waals surface area contributed by atoms with Crippen molar-refractivity contribution in [1.29, 1.82) is 0 Å². The van der Waals surface area contributed by atoms with Crippen LogP contribution in [0.25, 0.3) is 11.1 Å². The van der Waals surface area contributed by atoms with Crippen LogP contribution in [-0.4, -0.2) is 17.9 Å². The summed E-state index contributed by atoms with van der Waals surface area (Å²) in [6.07, 6.45) is -2.03. The lowest BCUT2D eigenvalue weighted by Crippen LogP contribution is -2.22. The molecule has 0 bridgehead atoms. The van der Waals surface area contributed by atoms with Gasteiger partial charge in [-0.25, -0.2) is 14.4 Å². The molecular formula is C29H22F2O7. The largest absolute Gasteiger partial charge is 0.429 e. The first-order valence-electron chi connectivity index (χ1n) is 11.0. The molecule has 0 radical (unpaired) electrons. The Bertz CT molecular complexity index is 1390. The van der Waals surface area contributed by atoms with E-state index in [2.05, 4.69) is 19.7 Å². The first-order valence-corrected chi connectivity index (χ1v) is 11.0. The molecule has 0 saturated heterocycles. The first-order chi connectivity index (χ1) is 18.0. The molecule has 0 fully saturated rings. The molecule has 3 aromatic carbocycles. The van der Waals surface area contributed by atoms with Gasteiger partial charge in [-0.2, -0.15) is 8.78 Å². The number of carbonyl (C=O) groups is 3. The van der Waals surface area contributed by atoms with Crippen molar-refractivity contribution in [2.24, 2.45) is 0 Å². The van der Waals surface area contributed by atoms with Gasteiger partial charge in [0.25, 0.3) is 0 Å². The van der Waals surface area contributed by atoms with Crippen LogP contribution in [0.1, 0.15) is 12.5 Å². The van der Waals surface area contributed by atoms with Gasteiger partial charge in [-0.1, -0.05) is 44.0 Å². The molecule has 0 N–H and O–H groups in total. The van der Waals surface area contributed by atoms with Crippen LogP contribution in [0, 0.1) is 0 Å². The molecule has 0 aromatic heterocycles. The number of hydrogen-bond acceptors (Lipinski definition) is 7. The van der Waals surface area contributed by atoms with E-state index >= 15 is 0 Å². The van der Waals surface area contributed by atoms with E-state index in [-0.39, 0.29) is 22.8 Å². The van der Waals surface area contributed by atoms with E-state index in [4.69, 9.17) is 18.9 Å². The van der Waals surface area contributed by atoms with Gasteiger partial charge < -0.3 is 18.9 Å². The van der Waals surface area contributed by atoms with Gasteiger partial charge in [0.15, 0.2) is 11.5 Å². The third-order valence-corrected chi connectivity index (χ3v) is 4.88. The summed E-state index contributed by atoms with van der Waals surface area (Å²) in [7, 11) is 0. The Balaban J connectivity index is 1.78. The highest BCUT2D eigenvalue weighted by atomic mass is 19.3. The molecule has 0 heterocycles. The zero-order valence-electron chi connectivity index (χ0n) is 20.2. The van der Waals surface area contributed by atoms with Crippen molar-refractivity contribution in [2.45, 2.75) is 13.0 Å². The molecule has 7 nitrogen and oxygen atoms in total. The summed E-state index contributed by atoms with van der Waals surface area (Å²) < 4.78 is 49.8. The summed E-state index contributed by atoms with van der Waals surface area (Å²) in [5, 5.41) is 0. The minimum atomic E-state index is -3.77. The molecule has 0 saturated carbocycles. The number of hydrogen-bond donors (Lipinski definition) is 0. The van der Waals surface area contributed by atoms with Crippen LogP contribution in [0.4, 0.5) is 8.78 Å². The maximum Gasteiger partial charge on any atom is 0.426 e. The minimum absolute atomic E-state index is 0.203. The molecule has 0 aliphatic rings. The van der Waals surface area contributed by atoms with Gasteiger partial charge in [-0.05, 0) is 54.4 Å². The second kappa shape index (κ2) is 11.8. The van der Waals surface area contributed by atoms with Gasteiger partial charge in [0.05, 0.1) is 5.56 Å². The Kier molecular flexibility index (Phi) is 8.54. The number of alkyl halides is 2. The van der Waals surface area contributed by atoms with Crippen LogP contribution in [0.15, 0.2) is 104 Å². The molecule has 0 atom stereocenters. The number of ether oxygens (including phenoxy) is 4. The van der Waals surface area contributed by atoms with Gasteiger partial charge >= 0.3 is 24.0 Å². The van der Waals surface area contributed by atoms with Crippen molar-refractivity contribution in [3.05, 3.63) is 110 Å². The molecule has 3 aromatic rings. The van der Waals surface area contributed by atoms with Crippen LogP contribution < -0.4 is 18.9 Å². The summed E-state index contributed by atoms with van der Waals surface area (Å²) in [5.74, 6) is -2.87. The molecular weight excluding hydrogens is 498 g/mol. The van der Waals surface area contributed by atoms with Crippen LogP contribution in [0.2, 0.25) is 0 Å². The highest BCUT2D eigenvalue weighted by molar-refractivity contribution is 5.89. The lowest BCUT2D eigenvalue weighted by molar-refractivity contribution is -0.185. The predicted molar refractivity (Wildman–Crippen MR) is 135 cm³/mol. The third-order valence-electron chi connectivity index (χ3n) is 4.88. The zero-order chi connectivity index (χ0) is 27.9. The second-order valence-corrected chi connectivity index (χ2v) is 7.75. The van der Waals surface area contributed by atoms with Crippen LogP contribution in [-0.2, 0) is 20.5 Å². The molecule has 3 rings (SSSR count). The zero-order valence-corrected chi connectivity index (χ0v) is 20.2. The van der Waals surface area contributed by atoms with E-state index < -0.39 is 29.6 Å². The van der Waals surface area contributed by atoms with Crippen molar-refractivity contribution in [2.75, 3.05) is 0 Å². The monoisotopic (exact) mass is 520 g/mol. The molecule has 0 aliphatic carbocycles. The molecule has 0 unspecified atom stereocenters. The normalized spacial score (nSPS) is 10.6. The maximum atomic E-state index is 14.9. The maximum absolute atomic E-state index is 14.9. The van der Waals surface area contributed by atoms with Crippen LogP contribution >= 0.6 is 0 Å². The Morgan fingerprint density at radius 3 is 1.76 bits per heavy atom. The van der Waals surface area contributed by atoms with Gasteiger partial charge in [-0.15, -0.1) is 0 Å². The fraction of sp³-hybridized carbons (Fsp3) is 0.0690. The fourth-order valence-corrected chi connectivity index (χ4v) is 2.99. The van der Waals surface area contributed by atoms with Crippen molar-refractivity contribution in [3.8, 4) is 34.1 Å². The van der Waals surface area contributed by atoms with Gasteiger partial charge in [-0.3, -0.25) is 0 Å². The van der Waals surface area contributed by atoms with E-state index in [1.807, 2.05) is 0 Å². The Hall–Kier alpha value is -5.05. The summed E-state index contributed by atoms with van der Waals surface area (Å²) in [6, 6.07) is 15.1. The lowest BCUT2D eigenvalue weighted by Gasteiger charge is -2.19. The van der Waals surface area contributed by atoms with E-state index in [0.29, 0.717) is 16.9 Å². The Morgan fingerprint density at radius 2 is 1.24 bits per heavy atom. The minimum Gasteiger partial charge on any atom is -0.429 e. The summed E-state index contributed by atoms with van der Waals surface area (Å²) >= 11 is 0. The highest BCUT2D eigenvalue weighted by Gasteiger charge is 2.35. The Labute approximate surface area is 217 Å². The van der Waals surface area contributed by atoms with Crippen molar-refractivity contribution in [1.82, 2.24) is 0 Å². The first kappa shape index (κ1) is 27.5. The van der Waals surface area contributed by atoms with E-state index in [9.17, 15) is 23.2 Å². The number of halogens is 2. The number of esters is 3. The molecule has 0 spiro atoms. The van der Waals surface area contributed by atoms with E-state index in [0.717, 1.165) is 30.4 Å². The molecule has 9 heteroatoms. The standard InChI is InChI=1S/C29H22F2O7/c1-5-26(32)36-24-16-15-23(17-25(24)37-27(33)6-2)38-29(30,31)21-11-7-19(8-12-21)20-9-13-22(14-10-20)35-28(34)18(3)4/h5-17H,1-3H2,4H3. The van der Waals surface area contributed by atoms with Crippen LogP contribution in [0.5, 0.6) is 23.0 Å². The average Bonchev–Trinajstić information content (AvgIpc) is 2.90. The third kappa shape index (κ3) is 7.01. The molecule has 194 valence electrons. The molecule has 0 aliphatic heterocycles. The summed E-state index contributed by atoms with van der Waals surface area (Å²) in [5.41, 5.74) is 1.15. The molecule has 0 amide bonds. The highest BCUT2D eigenvalue weighted by Crippen LogP contribution is 2.37. The lowest BCUT2D eigenvalue weighted by atomic mass is 10.0. The van der Waals surface area contributed by atoms with Crippen molar-refractivity contribution < 1.29 is 42.1 Å². The number of benzene rings is 3. The predicted octanol–water partition coefficient (Wildman–Crippen LogP) is 6.15. The Morgan fingerprint density at radius 1 is 0.737 bits per heavy atom. The van der Waals surface area contributed by atoms with Gasteiger partial charge in [0.1, 0.15) is 11.5 Å². The summed E-state index contributed by atoms with van der Waals surface area (Å²) in [6.45, 7) is 11.6. The van der Waals surface area contributed by atoms with E-state index in [1.54, 1.807) is 24.3 Å². The van der Waals surface area contributed by atoms with E-state index in [1.165, 1.54) is 31.2 Å². The average molecular weight is 520 g/mol. The van der Waals surface area contributed by atoms with Crippen molar-refractivity contribution in [3.63, 3.8) is 0 Å². The number of carbonyl (C=O) groups excluding carboxylic acids is 3. The number of rotatable bonds is 10. The SMILES string of the molecule is C=CC(=O)Oc1ccc(OC(F)(F)c2ccc(-c3ccc(OC(=O)C(=C)C)cc3)cc2)cc1OC(=O)C=C. The van der Waals surface area contributed by atoms with Crippen LogP contribution in [0.3, 0.4) is 0 Å². The molecule has 38 heavy (non-hydrogen) atoms. The fourth-order valence-electron chi connectivity index (χ4n) is 2.99. The quantitative estimate of drug-likeness (QED) is 0.180. The second-order valence-electron chi connectivity index (χ2n) is 7.75. The van der Waals surface area contributed by atoms with Crippen molar-refractivity contribution >= 4 is 17.9 Å². The van der Waals surface area contributed by atoms with Gasteiger partial charge in [0.2, 0.25) is 0 Å². The topological polar surface area (TPSA) is 88.1 Å². The summed E-state index contributed by atoms with van der Waals surface area (Å²) in [4.78, 5) is 34.8. The van der Waals surface area contributed by atoms with Gasteiger partial charge in [0, 0.05) is 23.8 Å². The smallest absolute Gasteiger partial charge is 0.426 e.